The number of amides is 2. The van der Waals surface area contributed by atoms with Crippen LogP contribution in [0.3, 0.4) is 0 Å². The minimum atomic E-state index is -0.409. The van der Waals surface area contributed by atoms with Crippen LogP contribution in [-0.4, -0.2) is 39.8 Å². The van der Waals surface area contributed by atoms with E-state index >= 15 is 0 Å². The Morgan fingerprint density at radius 2 is 2.15 bits per heavy atom. The number of halogens is 1. The molecule has 0 radical (unpaired) electrons. The van der Waals surface area contributed by atoms with Crippen LogP contribution in [0.25, 0.3) is 0 Å². The molecule has 0 saturated carbocycles. The van der Waals surface area contributed by atoms with Crippen LogP contribution in [0, 0.1) is 0 Å². The normalized spacial score (nSPS) is 13.0. The first kappa shape index (κ1) is 18.9. The van der Waals surface area contributed by atoms with E-state index in [1.165, 1.54) is 11.0 Å². The molecule has 1 N–H and O–H groups in total. The number of hydrogen-bond donors (Lipinski definition) is 1. The molecule has 1 aromatic heterocycles. The lowest BCUT2D eigenvalue weighted by Gasteiger charge is -2.27. The third-order valence-electron chi connectivity index (χ3n) is 4.07. The zero-order chi connectivity index (χ0) is 19.4. The van der Waals surface area contributed by atoms with E-state index in [1.54, 1.807) is 31.2 Å². The number of nitrogens with one attached hydrogen (secondary N) is 1. The minimum absolute atomic E-state index is 0.208. The molecule has 0 spiro atoms. The van der Waals surface area contributed by atoms with Crippen LogP contribution in [-0.2, 0) is 29.0 Å². The Bertz CT molecular complexity index is 928. The second kappa shape index (κ2) is 8.22. The Labute approximate surface area is 160 Å². The number of benzene rings is 1. The van der Waals surface area contributed by atoms with Gasteiger partial charge in [-0.1, -0.05) is 17.7 Å². The minimum Gasteiger partial charge on any atom is -0.450 e. The standard InChI is InChI=1S/C18H19ClN4O4/c1-2-27-18(26)22-7-6-15-12(10-22)8-17(25)23(21-15)11-16(24)20-14-5-3-4-13(19)9-14/h3-5,8-9H,2,6-7,10-11H2,1H3,(H,20,24). The third kappa shape index (κ3) is 4.65. The predicted molar refractivity (Wildman–Crippen MR) is 99.7 cm³/mol. The first-order chi connectivity index (χ1) is 13.0. The highest BCUT2D eigenvalue weighted by molar-refractivity contribution is 6.30. The summed E-state index contributed by atoms with van der Waals surface area (Å²) in [6.07, 6.45) is 0.0814. The fourth-order valence-electron chi connectivity index (χ4n) is 2.83. The van der Waals surface area contributed by atoms with Crippen LogP contribution in [0.4, 0.5) is 10.5 Å². The van der Waals surface area contributed by atoms with Crippen LogP contribution >= 0.6 is 11.6 Å². The molecule has 0 fully saturated rings. The lowest BCUT2D eigenvalue weighted by molar-refractivity contribution is -0.117. The summed E-state index contributed by atoms with van der Waals surface area (Å²) in [5.74, 6) is -0.379. The van der Waals surface area contributed by atoms with E-state index in [4.69, 9.17) is 16.3 Å². The number of fused-ring (bicyclic) bond motifs is 1. The van der Waals surface area contributed by atoms with E-state index in [-0.39, 0.29) is 19.0 Å². The Hall–Kier alpha value is -2.87. The molecule has 2 aromatic rings. The van der Waals surface area contributed by atoms with Gasteiger partial charge in [0, 0.05) is 35.3 Å². The van der Waals surface area contributed by atoms with Gasteiger partial charge in [-0.05, 0) is 25.1 Å². The summed E-state index contributed by atoms with van der Waals surface area (Å²) in [7, 11) is 0. The second-order valence-electron chi connectivity index (χ2n) is 6.04. The van der Waals surface area contributed by atoms with Gasteiger partial charge in [0.25, 0.3) is 5.56 Å². The monoisotopic (exact) mass is 390 g/mol. The lowest BCUT2D eigenvalue weighted by atomic mass is 10.1. The molecule has 27 heavy (non-hydrogen) atoms. The van der Waals surface area contributed by atoms with Gasteiger partial charge in [-0.15, -0.1) is 0 Å². The van der Waals surface area contributed by atoms with Gasteiger partial charge in [0.1, 0.15) is 6.54 Å². The molecular formula is C18H19ClN4O4. The quantitative estimate of drug-likeness (QED) is 0.862. The molecule has 0 aliphatic carbocycles. The largest absolute Gasteiger partial charge is 0.450 e. The van der Waals surface area contributed by atoms with Crippen LogP contribution in [0.1, 0.15) is 18.2 Å². The number of aromatic nitrogens is 2. The molecule has 1 aliphatic heterocycles. The average molecular weight is 391 g/mol. The molecule has 2 heterocycles. The smallest absolute Gasteiger partial charge is 0.410 e. The molecule has 142 valence electrons. The number of carbonyl (C=O) groups is 2. The molecule has 8 nitrogen and oxygen atoms in total. The van der Waals surface area contributed by atoms with Crippen molar-refractivity contribution in [1.29, 1.82) is 0 Å². The fourth-order valence-corrected chi connectivity index (χ4v) is 3.02. The molecule has 1 aromatic carbocycles. The average Bonchev–Trinajstić information content (AvgIpc) is 2.62. The van der Waals surface area contributed by atoms with E-state index in [0.29, 0.717) is 41.5 Å². The van der Waals surface area contributed by atoms with Crippen LogP contribution in [0.5, 0.6) is 0 Å². The van der Waals surface area contributed by atoms with Gasteiger partial charge in [-0.3, -0.25) is 9.59 Å². The van der Waals surface area contributed by atoms with Crippen molar-refractivity contribution in [2.45, 2.75) is 26.4 Å². The zero-order valence-corrected chi connectivity index (χ0v) is 15.5. The molecule has 1 aliphatic rings. The molecule has 0 bridgehead atoms. The number of hydrogen-bond acceptors (Lipinski definition) is 5. The van der Waals surface area contributed by atoms with Crippen molar-refractivity contribution in [2.75, 3.05) is 18.5 Å². The van der Waals surface area contributed by atoms with Crippen molar-refractivity contribution < 1.29 is 14.3 Å². The summed E-state index contributed by atoms with van der Waals surface area (Å²) < 4.78 is 6.11. The van der Waals surface area contributed by atoms with E-state index in [1.807, 2.05) is 0 Å². The van der Waals surface area contributed by atoms with E-state index < -0.39 is 11.7 Å². The Morgan fingerprint density at radius 1 is 1.33 bits per heavy atom. The van der Waals surface area contributed by atoms with Gasteiger partial charge in [0.05, 0.1) is 18.8 Å². The van der Waals surface area contributed by atoms with Crippen LogP contribution in [0.2, 0.25) is 5.02 Å². The highest BCUT2D eigenvalue weighted by atomic mass is 35.5. The number of ether oxygens (including phenoxy) is 1. The van der Waals surface area contributed by atoms with Crippen molar-refractivity contribution in [3.8, 4) is 0 Å². The topological polar surface area (TPSA) is 93.5 Å². The van der Waals surface area contributed by atoms with Crippen molar-refractivity contribution in [2.24, 2.45) is 0 Å². The Balaban J connectivity index is 1.70. The van der Waals surface area contributed by atoms with Crippen molar-refractivity contribution in [3.05, 3.63) is 57.0 Å². The summed E-state index contributed by atoms with van der Waals surface area (Å²) in [6, 6.07) is 8.16. The number of carbonyl (C=O) groups excluding carboxylic acids is 2. The van der Waals surface area contributed by atoms with Gasteiger partial charge in [-0.2, -0.15) is 5.10 Å². The summed E-state index contributed by atoms with van der Waals surface area (Å²) in [5.41, 5.74) is 1.51. The van der Waals surface area contributed by atoms with Crippen LogP contribution in [0.15, 0.2) is 35.1 Å². The van der Waals surface area contributed by atoms with E-state index in [2.05, 4.69) is 10.4 Å². The third-order valence-corrected chi connectivity index (χ3v) is 4.31. The molecule has 2 amide bonds. The van der Waals surface area contributed by atoms with Crippen LogP contribution < -0.4 is 10.9 Å². The number of nitrogens with zero attached hydrogens (tertiary/aromatic N) is 3. The first-order valence-corrected chi connectivity index (χ1v) is 8.91. The maximum Gasteiger partial charge on any atom is 0.410 e. The lowest BCUT2D eigenvalue weighted by Crippen LogP contribution is -2.39. The Morgan fingerprint density at radius 3 is 2.89 bits per heavy atom. The highest BCUT2D eigenvalue weighted by Gasteiger charge is 2.24. The summed E-state index contributed by atoms with van der Waals surface area (Å²) in [4.78, 5) is 37.9. The maximum atomic E-state index is 12.3. The molecule has 0 saturated heterocycles. The van der Waals surface area contributed by atoms with Gasteiger partial charge in [-0.25, -0.2) is 9.48 Å². The van der Waals surface area contributed by atoms with Gasteiger partial charge < -0.3 is 15.0 Å². The van der Waals surface area contributed by atoms with E-state index in [0.717, 1.165) is 4.68 Å². The Kier molecular flexibility index (Phi) is 5.75. The van der Waals surface area contributed by atoms with E-state index in [9.17, 15) is 14.4 Å². The second-order valence-corrected chi connectivity index (χ2v) is 6.48. The number of anilines is 1. The molecule has 0 atom stereocenters. The van der Waals surface area contributed by atoms with Gasteiger partial charge in [0.2, 0.25) is 5.91 Å². The zero-order valence-electron chi connectivity index (χ0n) is 14.8. The molecule has 3 rings (SSSR count). The number of rotatable bonds is 4. The molecule has 0 unspecified atom stereocenters. The van der Waals surface area contributed by atoms with Gasteiger partial charge in [0.15, 0.2) is 0 Å². The first-order valence-electron chi connectivity index (χ1n) is 8.53. The van der Waals surface area contributed by atoms with Crippen molar-refractivity contribution in [3.63, 3.8) is 0 Å². The van der Waals surface area contributed by atoms with Crippen molar-refractivity contribution >= 4 is 29.3 Å². The molecule has 9 heteroatoms. The van der Waals surface area contributed by atoms with Gasteiger partial charge >= 0.3 is 6.09 Å². The SMILES string of the molecule is CCOC(=O)N1CCc2nn(CC(=O)Nc3cccc(Cl)c3)c(=O)cc2C1. The van der Waals surface area contributed by atoms with Crippen molar-refractivity contribution in [1.82, 2.24) is 14.7 Å². The maximum absolute atomic E-state index is 12.3. The summed E-state index contributed by atoms with van der Waals surface area (Å²) in [5, 5.41) is 7.48. The summed E-state index contributed by atoms with van der Waals surface area (Å²) >= 11 is 5.89. The predicted octanol–water partition coefficient (Wildman–Crippen LogP) is 2.05. The summed E-state index contributed by atoms with van der Waals surface area (Å²) in [6.45, 7) is 2.55. The fraction of sp³-hybridized carbons (Fsp3) is 0.333. The highest BCUT2D eigenvalue weighted by Crippen LogP contribution is 2.17. The molecular weight excluding hydrogens is 372 g/mol.